The molecule has 0 unspecified atom stereocenters. The summed E-state index contributed by atoms with van der Waals surface area (Å²) in [6.07, 6.45) is 1.06. The maximum atomic E-state index is 10.9. The molecule has 0 aliphatic rings. The lowest BCUT2D eigenvalue weighted by atomic mass is 10.2. The van der Waals surface area contributed by atoms with Gasteiger partial charge in [0.05, 0.1) is 18.8 Å². The van der Waals surface area contributed by atoms with E-state index in [1.807, 2.05) is 59.2 Å². The fraction of sp³-hybridized carbons (Fsp3) is 0.100. The lowest BCUT2D eigenvalue weighted by Crippen LogP contribution is -2.22. The first kappa shape index (κ1) is 18.8. The van der Waals surface area contributed by atoms with Crippen LogP contribution in [0.1, 0.15) is 16.4 Å². The van der Waals surface area contributed by atoms with E-state index in [0.29, 0.717) is 16.7 Å². The molecule has 0 spiro atoms. The Hall–Kier alpha value is -3.59. The van der Waals surface area contributed by atoms with Crippen LogP contribution >= 0.6 is 11.8 Å². The topological polar surface area (TPSA) is 106 Å². The van der Waals surface area contributed by atoms with Crippen LogP contribution in [0.2, 0.25) is 0 Å². The molecule has 0 N–H and O–H groups in total. The first-order chi connectivity index (χ1) is 14.2. The summed E-state index contributed by atoms with van der Waals surface area (Å²) >= 11 is 1.33. The number of oxazole rings is 1. The average Bonchev–Trinajstić information content (AvgIpc) is 3.40. The molecule has 0 aliphatic carbocycles. The SMILES string of the molecule is COc1cccc(-c2nnc(SCc3nc(C(=O)[O-])co3)n2-c2ccccc2)c1. The fourth-order valence-electron chi connectivity index (χ4n) is 2.72. The van der Waals surface area contributed by atoms with Gasteiger partial charge in [-0.2, -0.15) is 0 Å². The van der Waals surface area contributed by atoms with Crippen molar-refractivity contribution in [3.05, 3.63) is 72.4 Å². The van der Waals surface area contributed by atoms with Gasteiger partial charge in [0, 0.05) is 11.3 Å². The van der Waals surface area contributed by atoms with Crippen LogP contribution in [-0.2, 0) is 5.75 Å². The normalized spacial score (nSPS) is 10.8. The van der Waals surface area contributed by atoms with Crippen molar-refractivity contribution >= 4 is 17.7 Å². The number of hydrogen-bond acceptors (Lipinski definition) is 8. The predicted octanol–water partition coefficient (Wildman–Crippen LogP) is 2.59. The lowest BCUT2D eigenvalue weighted by molar-refractivity contribution is -0.255. The van der Waals surface area contributed by atoms with E-state index in [9.17, 15) is 9.90 Å². The molecule has 9 heteroatoms. The van der Waals surface area contributed by atoms with Crippen LogP contribution in [0.25, 0.3) is 17.1 Å². The van der Waals surface area contributed by atoms with Gasteiger partial charge in [-0.25, -0.2) is 4.98 Å². The fourth-order valence-corrected chi connectivity index (χ4v) is 3.52. The Morgan fingerprint density at radius 2 is 2.00 bits per heavy atom. The van der Waals surface area contributed by atoms with Gasteiger partial charge in [-0.1, -0.05) is 42.1 Å². The molecule has 2 aromatic heterocycles. The molecule has 2 aromatic carbocycles. The van der Waals surface area contributed by atoms with Crippen molar-refractivity contribution in [2.24, 2.45) is 0 Å². The lowest BCUT2D eigenvalue weighted by Gasteiger charge is -2.10. The van der Waals surface area contributed by atoms with Crippen molar-refractivity contribution in [1.82, 2.24) is 19.7 Å². The molecule has 0 amide bonds. The van der Waals surface area contributed by atoms with Gasteiger partial charge < -0.3 is 19.1 Å². The van der Waals surface area contributed by atoms with Crippen LogP contribution in [0.5, 0.6) is 5.75 Å². The second-order valence-electron chi connectivity index (χ2n) is 5.91. The zero-order valence-corrected chi connectivity index (χ0v) is 16.1. The number of nitrogens with zero attached hydrogens (tertiary/aromatic N) is 4. The summed E-state index contributed by atoms with van der Waals surface area (Å²) in [6, 6.07) is 17.3. The number of carboxylic acid groups (broad SMARTS) is 1. The number of carbonyl (C=O) groups is 1. The Morgan fingerprint density at radius 1 is 1.17 bits per heavy atom. The van der Waals surface area contributed by atoms with Gasteiger partial charge in [-0.3, -0.25) is 4.57 Å². The van der Waals surface area contributed by atoms with Crippen LogP contribution < -0.4 is 9.84 Å². The highest BCUT2D eigenvalue weighted by Gasteiger charge is 2.17. The van der Waals surface area contributed by atoms with Gasteiger partial charge >= 0.3 is 0 Å². The maximum absolute atomic E-state index is 10.9. The number of carboxylic acids is 1. The third kappa shape index (κ3) is 3.99. The van der Waals surface area contributed by atoms with Crippen molar-refractivity contribution in [1.29, 1.82) is 0 Å². The van der Waals surface area contributed by atoms with Crippen LogP contribution in [0.3, 0.4) is 0 Å². The molecule has 0 saturated carbocycles. The Labute approximate surface area is 170 Å². The predicted molar refractivity (Wildman–Crippen MR) is 104 cm³/mol. The molecule has 146 valence electrons. The second kappa shape index (κ2) is 8.19. The van der Waals surface area contributed by atoms with Crippen LogP contribution in [0.15, 0.2) is 70.4 Å². The van der Waals surface area contributed by atoms with Gasteiger partial charge in [0.25, 0.3) is 0 Å². The van der Waals surface area contributed by atoms with E-state index in [1.165, 1.54) is 11.8 Å². The monoisotopic (exact) mass is 407 g/mol. The number of rotatable bonds is 7. The van der Waals surface area contributed by atoms with Gasteiger partial charge in [-0.05, 0) is 24.3 Å². The molecule has 8 nitrogen and oxygen atoms in total. The largest absolute Gasteiger partial charge is 0.543 e. The molecule has 0 saturated heterocycles. The van der Waals surface area contributed by atoms with Crippen molar-refractivity contribution in [3.63, 3.8) is 0 Å². The third-order valence-corrected chi connectivity index (χ3v) is 4.98. The smallest absolute Gasteiger partial charge is 0.205 e. The van der Waals surface area contributed by atoms with Crippen molar-refractivity contribution in [2.75, 3.05) is 7.11 Å². The first-order valence-electron chi connectivity index (χ1n) is 8.59. The van der Waals surface area contributed by atoms with Gasteiger partial charge in [0.1, 0.15) is 17.7 Å². The van der Waals surface area contributed by atoms with Crippen LogP contribution in [0, 0.1) is 0 Å². The summed E-state index contributed by atoms with van der Waals surface area (Å²) in [7, 11) is 1.61. The molecule has 0 aliphatic heterocycles. The number of methoxy groups -OCH3 is 1. The third-order valence-electron chi connectivity index (χ3n) is 4.06. The summed E-state index contributed by atoms with van der Waals surface area (Å²) in [4.78, 5) is 14.8. The number of benzene rings is 2. The second-order valence-corrected chi connectivity index (χ2v) is 6.85. The van der Waals surface area contributed by atoms with Gasteiger partial charge in [0.2, 0.25) is 5.89 Å². The molecule has 0 atom stereocenters. The standard InChI is InChI=1S/C20H16N4O4S/c1-27-15-9-5-6-13(10-15)18-22-23-20(24(18)14-7-3-2-4-8-14)29-12-17-21-16(11-28-17)19(25)26/h2-11H,12H2,1H3,(H,25,26)/p-1. The minimum Gasteiger partial charge on any atom is -0.543 e. The number of aromatic nitrogens is 4. The first-order valence-corrected chi connectivity index (χ1v) is 9.58. The van der Waals surface area contributed by atoms with Crippen LogP contribution in [0.4, 0.5) is 0 Å². The zero-order chi connectivity index (χ0) is 20.2. The minimum atomic E-state index is -1.38. The highest BCUT2D eigenvalue weighted by molar-refractivity contribution is 7.98. The van der Waals surface area contributed by atoms with E-state index in [1.54, 1.807) is 7.11 Å². The molecule has 0 fully saturated rings. The highest BCUT2D eigenvalue weighted by atomic mass is 32.2. The quantitative estimate of drug-likeness (QED) is 0.430. The van der Waals surface area contributed by atoms with E-state index in [-0.39, 0.29) is 17.3 Å². The van der Waals surface area contributed by atoms with Crippen molar-refractivity contribution in [3.8, 4) is 22.8 Å². The Bertz CT molecular complexity index is 1140. The molecule has 4 rings (SSSR count). The Morgan fingerprint density at radius 3 is 2.72 bits per heavy atom. The minimum absolute atomic E-state index is 0.234. The van der Waals surface area contributed by atoms with Crippen LogP contribution in [-0.4, -0.2) is 32.8 Å². The number of carbonyl (C=O) groups excluding carboxylic acids is 1. The molecule has 29 heavy (non-hydrogen) atoms. The molecular formula is C20H15N4O4S-. The number of thioether (sulfide) groups is 1. The van der Waals surface area contributed by atoms with E-state index >= 15 is 0 Å². The summed E-state index contributed by atoms with van der Waals surface area (Å²) in [5.41, 5.74) is 1.51. The number of ether oxygens (including phenoxy) is 1. The number of hydrogen-bond donors (Lipinski definition) is 0. The molecule has 2 heterocycles. The van der Waals surface area contributed by atoms with Gasteiger partial charge in [0.15, 0.2) is 11.0 Å². The summed E-state index contributed by atoms with van der Waals surface area (Å²) in [5.74, 6) is 0.544. The summed E-state index contributed by atoms with van der Waals surface area (Å²) in [6.45, 7) is 0. The van der Waals surface area contributed by atoms with Crippen molar-refractivity contribution in [2.45, 2.75) is 10.9 Å². The maximum Gasteiger partial charge on any atom is 0.205 e. The molecular weight excluding hydrogens is 392 g/mol. The number of para-hydroxylation sites is 1. The highest BCUT2D eigenvalue weighted by Crippen LogP contribution is 2.30. The zero-order valence-electron chi connectivity index (χ0n) is 15.3. The average molecular weight is 407 g/mol. The molecule has 4 aromatic rings. The Kier molecular flexibility index (Phi) is 5.30. The van der Waals surface area contributed by atoms with E-state index < -0.39 is 5.97 Å². The van der Waals surface area contributed by atoms with E-state index in [2.05, 4.69) is 15.2 Å². The van der Waals surface area contributed by atoms with Gasteiger partial charge in [-0.15, -0.1) is 10.2 Å². The van der Waals surface area contributed by atoms with E-state index in [4.69, 9.17) is 9.15 Å². The molecule has 0 radical (unpaired) electrons. The molecule has 0 bridgehead atoms. The summed E-state index contributed by atoms with van der Waals surface area (Å²) < 4.78 is 12.4. The Balaban J connectivity index is 1.70. The van der Waals surface area contributed by atoms with Crippen molar-refractivity contribution < 1.29 is 19.1 Å². The number of aromatic carboxylic acids is 1. The summed E-state index contributed by atoms with van der Waals surface area (Å²) in [5, 5.41) is 20.2. The van der Waals surface area contributed by atoms with E-state index in [0.717, 1.165) is 17.5 Å².